The highest BCUT2D eigenvalue weighted by Gasteiger charge is 2.17. The molecule has 0 amide bonds. The fraction of sp³-hybridized carbons (Fsp3) is 0.308. The van der Waals surface area contributed by atoms with Gasteiger partial charge in [-0.15, -0.1) is 0 Å². The third kappa shape index (κ3) is 5.91. The third-order valence-electron chi connectivity index (χ3n) is 6.03. The summed E-state index contributed by atoms with van der Waals surface area (Å²) in [6.45, 7) is 7.32. The van der Waals surface area contributed by atoms with Gasteiger partial charge in [-0.05, 0) is 47.5 Å². The lowest BCUT2D eigenvalue weighted by molar-refractivity contribution is 0.575. The van der Waals surface area contributed by atoms with Gasteiger partial charge < -0.3 is 5.32 Å². The van der Waals surface area contributed by atoms with Crippen LogP contribution in [0.3, 0.4) is 0 Å². The Morgan fingerprint density at radius 1 is 1.03 bits per heavy atom. The number of hydrogen-bond acceptors (Lipinski definition) is 5. The van der Waals surface area contributed by atoms with Gasteiger partial charge in [-0.25, -0.2) is 18.1 Å². The highest BCUT2D eigenvalue weighted by molar-refractivity contribution is 7.89. The maximum absolute atomic E-state index is 12.6. The van der Waals surface area contributed by atoms with Gasteiger partial charge in [0.15, 0.2) is 5.65 Å². The maximum Gasteiger partial charge on any atom is 0.240 e. The molecular weight excluding hydrogens is 493 g/mol. The summed E-state index contributed by atoms with van der Waals surface area (Å²) in [6.07, 6.45) is 3.25. The van der Waals surface area contributed by atoms with Crippen LogP contribution in [0.5, 0.6) is 0 Å². The summed E-state index contributed by atoms with van der Waals surface area (Å²) in [6, 6.07) is 16.6. The fourth-order valence-corrected chi connectivity index (χ4v) is 5.20. The van der Waals surface area contributed by atoms with Crippen LogP contribution in [0.25, 0.3) is 16.9 Å². The Balaban J connectivity index is 1.35. The molecule has 0 saturated carbocycles. The van der Waals surface area contributed by atoms with Crippen molar-refractivity contribution < 1.29 is 8.42 Å². The number of hydrogen-bond donors (Lipinski definition) is 2. The maximum atomic E-state index is 12.6. The second-order valence-electron chi connectivity index (χ2n) is 9.88. The minimum atomic E-state index is -3.53. The molecule has 10 heteroatoms. The van der Waals surface area contributed by atoms with Gasteiger partial charge in [0.05, 0.1) is 10.6 Å². The Hall–Kier alpha value is -2.88. The molecule has 188 valence electrons. The van der Waals surface area contributed by atoms with Gasteiger partial charge in [0.25, 0.3) is 0 Å². The number of rotatable bonds is 9. The Kier molecular flexibility index (Phi) is 7.73. The second kappa shape index (κ2) is 10.6. The number of nitrogens with zero attached hydrogens (tertiary/aromatic N) is 3. The first-order valence-corrected chi connectivity index (χ1v) is 13.9. The molecular formula is C26H31BClN5O2S. The van der Waals surface area contributed by atoms with E-state index in [2.05, 4.69) is 35.9 Å². The molecule has 0 fully saturated rings. The second-order valence-corrected chi connectivity index (χ2v) is 12.0. The summed E-state index contributed by atoms with van der Waals surface area (Å²) in [4.78, 5) is 5.04. The van der Waals surface area contributed by atoms with E-state index >= 15 is 0 Å². The van der Waals surface area contributed by atoms with Crippen LogP contribution in [0.4, 0.5) is 5.82 Å². The molecule has 7 nitrogen and oxygen atoms in total. The molecule has 0 aliphatic heterocycles. The molecule has 0 saturated heterocycles. The largest absolute Gasteiger partial charge is 0.370 e. The van der Waals surface area contributed by atoms with Crippen molar-refractivity contribution in [2.45, 2.75) is 43.9 Å². The van der Waals surface area contributed by atoms with E-state index < -0.39 is 10.0 Å². The first kappa shape index (κ1) is 26.2. The zero-order valence-electron chi connectivity index (χ0n) is 21.0. The molecule has 0 unspecified atom stereocenters. The van der Waals surface area contributed by atoms with Gasteiger partial charge >= 0.3 is 0 Å². The summed E-state index contributed by atoms with van der Waals surface area (Å²) in [5, 5.41) is 8.50. The Labute approximate surface area is 218 Å². The van der Waals surface area contributed by atoms with Gasteiger partial charge in [0.1, 0.15) is 13.7 Å². The molecule has 0 spiro atoms. The Bertz CT molecular complexity index is 1460. The lowest BCUT2D eigenvalue weighted by Gasteiger charge is -2.19. The van der Waals surface area contributed by atoms with E-state index in [0.717, 1.165) is 40.2 Å². The van der Waals surface area contributed by atoms with E-state index in [-0.39, 0.29) is 10.3 Å². The Morgan fingerprint density at radius 3 is 2.42 bits per heavy atom. The monoisotopic (exact) mass is 523 g/mol. The van der Waals surface area contributed by atoms with Crippen molar-refractivity contribution in [2.24, 2.45) is 0 Å². The summed E-state index contributed by atoms with van der Waals surface area (Å²) in [5.41, 5.74) is 4.44. The molecule has 0 aliphatic rings. The summed E-state index contributed by atoms with van der Waals surface area (Å²) in [7, 11) is -1.56. The molecule has 0 aliphatic carbocycles. The van der Waals surface area contributed by atoms with Crippen molar-refractivity contribution in [3.63, 3.8) is 0 Å². The molecule has 0 atom stereocenters. The standard InChI is InChI=1S/C26H31BClN5O2S/c1-26(2,3)18-10-12-19(13-11-18)36(34,35)31-15-7-6-14-29-24-16-23(20-8-4-5-9-22(20)28)32-25-21(27)17-30-33(24)25/h4-5,8-13,16-17,29,31H,6-7,14-15,27H2,1-3H3. The number of aromatic nitrogens is 3. The van der Waals surface area contributed by atoms with Gasteiger partial charge in [-0.1, -0.05) is 62.7 Å². The van der Waals surface area contributed by atoms with E-state index in [4.69, 9.17) is 16.6 Å². The van der Waals surface area contributed by atoms with Gasteiger partial charge in [0.2, 0.25) is 10.0 Å². The van der Waals surface area contributed by atoms with E-state index in [9.17, 15) is 8.42 Å². The molecule has 2 aromatic heterocycles. The fourth-order valence-electron chi connectivity index (χ4n) is 3.90. The molecule has 0 bridgehead atoms. The van der Waals surface area contributed by atoms with Crippen LogP contribution >= 0.6 is 11.6 Å². The number of sulfonamides is 1. The number of halogens is 1. The average Bonchev–Trinajstić information content (AvgIpc) is 3.22. The Morgan fingerprint density at radius 2 is 1.72 bits per heavy atom. The van der Waals surface area contributed by atoms with Gasteiger partial charge in [-0.2, -0.15) is 9.61 Å². The predicted molar refractivity (Wildman–Crippen MR) is 150 cm³/mol. The summed E-state index contributed by atoms with van der Waals surface area (Å²) >= 11 is 6.41. The van der Waals surface area contributed by atoms with E-state index in [1.54, 1.807) is 22.8 Å². The van der Waals surface area contributed by atoms with Crippen LogP contribution in [-0.4, -0.2) is 44.0 Å². The van der Waals surface area contributed by atoms with Crippen LogP contribution in [0.2, 0.25) is 5.02 Å². The van der Waals surface area contributed by atoms with Crippen LogP contribution in [-0.2, 0) is 15.4 Å². The first-order valence-electron chi connectivity index (χ1n) is 12.0. The average molecular weight is 524 g/mol. The normalized spacial score (nSPS) is 12.2. The lowest BCUT2D eigenvalue weighted by atomic mass is 9.87. The number of nitrogens with one attached hydrogen (secondary N) is 2. The molecule has 4 rings (SSSR count). The third-order valence-corrected chi connectivity index (χ3v) is 7.84. The minimum absolute atomic E-state index is 0.0217. The van der Waals surface area contributed by atoms with E-state index in [0.29, 0.717) is 24.5 Å². The first-order chi connectivity index (χ1) is 17.1. The molecule has 2 heterocycles. The number of unbranched alkanes of at least 4 members (excludes halogenated alkanes) is 1. The zero-order chi connectivity index (χ0) is 25.9. The van der Waals surface area contributed by atoms with Crippen molar-refractivity contribution in [3.8, 4) is 11.3 Å². The molecule has 0 radical (unpaired) electrons. The summed E-state index contributed by atoms with van der Waals surface area (Å²) < 4.78 is 29.8. The molecule has 2 N–H and O–H groups in total. The topological polar surface area (TPSA) is 88.4 Å². The SMILES string of the molecule is Bc1cnn2c(NCCCCNS(=O)(=O)c3ccc(C(C)(C)C)cc3)cc(-c3ccccc3Cl)nc12. The van der Waals surface area contributed by atoms with E-state index in [1.165, 1.54) is 0 Å². The highest BCUT2D eigenvalue weighted by atomic mass is 35.5. The van der Waals surface area contributed by atoms with Crippen LogP contribution < -0.4 is 15.5 Å². The quantitative estimate of drug-likeness (QED) is 0.257. The van der Waals surface area contributed by atoms with Crippen molar-refractivity contribution in [1.82, 2.24) is 19.3 Å². The lowest BCUT2D eigenvalue weighted by Crippen LogP contribution is -2.25. The van der Waals surface area contributed by atoms with Gasteiger partial charge in [0, 0.05) is 35.9 Å². The van der Waals surface area contributed by atoms with Crippen molar-refractivity contribution in [3.05, 3.63) is 71.4 Å². The highest BCUT2D eigenvalue weighted by Crippen LogP contribution is 2.28. The predicted octanol–water partition coefficient (Wildman–Crippen LogP) is 3.78. The molecule has 4 aromatic rings. The number of benzene rings is 2. The van der Waals surface area contributed by atoms with Crippen LogP contribution in [0.1, 0.15) is 39.2 Å². The van der Waals surface area contributed by atoms with E-state index in [1.807, 2.05) is 50.3 Å². The van der Waals surface area contributed by atoms with Crippen LogP contribution in [0.15, 0.2) is 65.7 Å². The smallest absolute Gasteiger partial charge is 0.240 e. The van der Waals surface area contributed by atoms with Crippen molar-refractivity contribution in [2.75, 3.05) is 18.4 Å². The zero-order valence-corrected chi connectivity index (χ0v) is 22.6. The van der Waals surface area contributed by atoms with Crippen molar-refractivity contribution in [1.29, 1.82) is 0 Å². The number of fused-ring (bicyclic) bond motifs is 1. The number of anilines is 1. The molecule has 36 heavy (non-hydrogen) atoms. The van der Waals surface area contributed by atoms with Crippen LogP contribution in [0, 0.1) is 0 Å². The molecule has 2 aromatic carbocycles. The van der Waals surface area contributed by atoms with Crippen molar-refractivity contribution >= 4 is 46.4 Å². The summed E-state index contributed by atoms with van der Waals surface area (Å²) in [5.74, 6) is 0.808. The van der Waals surface area contributed by atoms with Gasteiger partial charge in [-0.3, -0.25) is 0 Å². The minimum Gasteiger partial charge on any atom is -0.370 e.